The van der Waals surface area contributed by atoms with E-state index in [1.165, 1.54) is 6.07 Å². The number of hydrogen-bond donors (Lipinski definition) is 1. The molecule has 0 saturated carbocycles. The van der Waals surface area contributed by atoms with Crippen molar-refractivity contribution in [3.05, 3.63) is 82.6 Å². The van der Waals surface area contributed by atoms with Gasteiger partial charge in [0.1, 0.15) is 11.6 Å². The molecule has 0 radical (unpaired) electrons. The minimum Gasteiger partial charge on any atom is -0.348 e. The summed E-state index contributed by atoms with van der Waals surface area (Å²) in [5.74, 6) is 0.389. The van der Waals surface area contributed by atoms with Crippen LogP contribution in [0.5, 0.6) is 0 Å². The number of benzene rings is 1. The van der Waals surface area contributed by atoms with E-state index in [-0.39, 0.29) is 11.7 Å². The van der Waals surface area contributed by atoms with E-state index in [2.05, 4.69) is 10.3 Å². The number of nitrogens with one attached hydrogen (secondary N) is 1. The minimum absolute atomic E-state index is 0.159. The molecule has 0 aliphatic rings. The number of halogens is 1. The van der Waals surface area contributed by atoms with E-state index >= 15 is 0 Å². The second-order valence-corrected chi connectivity index (χ2v) is 7.15. The first-order valence-corrected chi connectivity index (χ1v) is 9.17. The lowest BCUT2D eigenvalue weighted by atomic mass is 10.1. The second-order valence-electron chi connectivity index (χ2n) is 7.15. The number of aromatic nitrogens is 2. The number of rotatable bonds is 6. The third-order valence-electron chi connectivity index (χ3n) is 4.60. The topological polar surface area (TPSA) is 50.2 Å². The summed E-state index contributed by atoms with van der Waals surface area (Å²) in [5, 5.41) is 2.94. The number of carbonyl (C=O) groups is 1. The van der Waals surface area contributed by atoms with Crippen LogP contribution < -0.4 is 5.32 Å². The van der Waals surface area contributed by atoms with Crippen LogP contribution in [0.3, 0.4) is 0 Å². The fraction of sp³-hybridized carbons (Fsp3) is 0.273. The standard InChI is InChI=1S/C22H25FN4O/c1-15-11-19(16(2)27(15)21-7-5-6-10-24-21)22(28)25-13-17-8-9-20(23)18(12-17)14-26(3)4/h5-12H,13-14H2,1-4H3,(H,25,28). The average Bonchev–Trinajstić information content (AvgIpc) is 2.96. The van der Waals surface area contributed by atoms with Gasteiger partial charge in [0.05, 0.1) is 5.56 Å². The van der Waals surface area contributed by atoms with Gasteiger partial charge >= 0.3 is 0 Å². The van der Waals surface area contributed by atoms with Crippen molar-refractivity contribution in [3.63, 3.8) is 0 Å². The molecule has 0 spiro atoms. The van der Waals surface area contributed by atoms with Gasteiger partial charge in [-0.05, 0) is 63.8 Å². The van der Waals surface area contributed by atoms with Gasteiger partial charge in [0, 0.05) is 36.2 Å². The lowest BCUT2D eigenvalue weighted by molar-refractivity contribution is 0.0950. The van der Waals surface area contributed by atoms with Gasteiger partial charge in [-0.2, -0.15) is 0 Å². The van der Waals surface area contributed by atoms with Gasteiger partial charge in [0.2, 0.25) is 0 Å². The molecule has 0 bridgehead atoms. The van der Waals surface area contributed by atoms with Crippen molar-refractivity contribution in [2.75, 3.05) is 14.1 Å². The maximum atomic E-state index is 13.9. The molecule has 28 heavy (non-hydrogen) atoms. The Morgan fingerprint density at radius 1 is 1.18 bits per heavy atom. The first-order chi connectivity index (χ1) is 13.4. The Kier molecular flexibility index (Phi) is 5.90. The predicted molar refractivity (Wildman–Crippen MR) is 108 cm³/mol. The van der Waals surface area contributed by atoms with Crippen LogP contribution in [0.2, 0.25) is 0 Å². The molecular weight excluding hydrogens is 355 g/mol. The Bertz CT molecular complexity index is 980. The van der Waals surface area contributed by atoms with Gasteiger partial charge in [-0.3, -0.25) is 4.79 Å². The van der Waals surface area contributed by atoms with Gasteiger partial charge in [0.25, 0.3) is 5.91 Å². The van der Waals surface area contributed by atoms with E-state index in [9.17, 15) is 9.18 Å². The van der Waals surface area contributed by atoms with E-state index in [1.807, 2.05) is 61.7 Å². The van der Waals surface area contributed by atoms with Crippen LogP contribution in [0.25, 0.3) is 5.82 Å². The third kappa shape index (κ3) is 4.28. The first kappa shape index (κ1) is 19.8. The average molecular weight is 380 g/mol. The molecule has 3 rings (SSSR count). The number of hydrogen-bond acceptors (Lipinski definition) is 3. The molecule has 146 valence electrons. The number of nitrogens with zero attached hydrogens (tertiary/aromatic N) is 3. The predicted octanol–water partition coefficient (Wildman–Crippen LogP) is 3.62. The van der Waals surface area contributed by atoms with Gasteiger partial charge in [-0.1, -0.05) is 12.1 Å². The van der Waals surface area contributed by atoms with E-state index in [4.69, 9.17) is 0 Å². The Labute approximate surface area is 164 Å². The summed E-state index contributed by atoms with van der Waals surface area (Å²) in [4.78, 5) is 19.0. The Balaban J connectivity index is 1.76. The number of pyridine rings is 1. The highest BCUT2D eigenvalue weighted by Crippen LogP contribution is 2.19. The minimum atomic E-state index is -0.234. The van der Waals surface area contributed by atoms with Crippen molar-refractivity contribution < 1.29 is 9.18 Å². The molecule has 3 aromatic rings. The normalized spacial score (nSPS) is 11.1. The summed E-state index contributed by atoms with van der Waals surface area (Å²) in [6, 6.07) is 12.5. The molecule has 1 amide bonds. The van der Waals surface area contributed by atoms with Gasteiger partial charge in [-0.15, -0.1) is 0 Å². The summed E-state index contributed by atoms with van der Waals surface area (Å²) in [6.45, 7) is 4.71. The maximum absolute atomic E-state index is 13.9. The van der Waals surface area contributed by atoms with Gasteiger partial charge in [-0.25, -0.2) is 9.37 Å². The Hall–Kier alpha value is -2.99. The summed E-state index contributed by atoms with van der Waals surface area (Å²) in [5.41, 5.74) is 3.87. The third-order valence-corrected chi connectivity index (χ3v) is 4.60. The molecule has 1 N–H and O–H groups in total. The van der Waals surface area contributed by atoms with E-state index < -0.39 is 0 Å². The molecule has 0 aliphatic heterocycles. The summed E-state index contributed by atoms with van der Waals surface area (Å²) < 4.78 is 15.9. The van der Waals surface area contributed by atoms with Crippen molar-refractivity contribution in [1.82, 2.24) is 19.8 Å². The first-order valence-electron chi connectivity index (χ1n) is 9.17. The van der Waals surface area contributed by atoms with Crippen LogP contribution in [-0.4, -0.2) is 34.5 Å². The van der Waals surface area contributed by atoms with Crippen LogP contribution in [0.15, 0.2) is 48.7 Å². The highest BCUT2D eigenvalue weighted by Gasteiger charge is 2.17. The number of carbonyl (C=O) groups excluding carboxylic acids is 1. The van der Waals surface area contributed by atoms with E-state index in [1.54, 1.807) is 18.3 Å². The van der Waals surface area contributed by atoms with Crippen molar-refractivity contribution in [3.8, 4) is 5.82 Å². The largest absolute Gasteiger partial charge is 0.348 e. The molecule has 0 atom stereocenters. The molecule has 2 aromatic heterocycles. The van der Waals surface area contributed by atoms with Crippen LogP contribution in [0.1, 0.15) is 32.9 Å². The van der Waals surface area contributed by atoms with Crippen LogP contribution in [0, 0.1) is 19.7 Å². The lowest BCUT2D eigenvalue weighted by Gasteiger charge is -2.12. The molecule has 1 aromatic carbocycles. The summed E-state index contributed by atoms with van der Waals surface area (Å²) in [6.07, 6.45) is 1.73. The molecule has 0 unspecified atom stereocenters. The fourth-order valence-corrected chi connectivity index (χ4v) is 3.31. The summed E-state index contributed by atoms with van der Waals surface area (Å²) in [7, 11) is 3.79. The smallest absolute Gasteiger partial charge is 0.253 e. The van der Waals surface area contributed by atoms with Crippen molar-refractivity contribution >= 4 is 5.91 Å². The van der Waals surface area contributed by atoms with Crippen LogP contribution >= 0.6 is 0 Å². The maximum Gasteiger partial charge on any atom is 0.253 e. The highest BCUT2D eigenvalue weighted by molar-refractivity contribution is 5.95. The van der Waals surface area contributed by atoms with Crippen LogP contribution in [0.4, 0.5) is 4.39 Å². The zero-order valence-corrected chi connectivity index (χ0v) is 16.7. The van der Waals surface area contributed by atoms with E-state index in [0.717, 1.165) is 22.8 Å². The molecule has 6 heteroatoms. The van der Waals surface area contributed by atoms with E-state index in [0.29, 0.717) is 24.2 Å². The van der Waals surface area contributed by atoms with Crippen molar-refractivity contribution in [1.29, 1.82) is 0 Å². The molecule has 0 saturated heterocycles. The van der Waals surface area contributed by atoms with Crippen molar-refractivity contribution in [2.24, 2.45) is 0 Å². The zero-order chi connectivity index (χ0) is 20.3. The second kappa shape index (κ2) is 8.35. The molecule has 2 heterocycles. The highest BCUT2D eigenvalue weighted by atomic mass is 19.1. The molecule has 0 fully saturated rings. The van der Waals surface area contributed by atoms with Crippen molar-refractivity contribution in [2.45, 2.75) is 26.9 Å². The van der Waals surface area contributed by atoms with Gasteiger partial charge in [0.15, 0.2) is 0 Å². The number of amides is 1. The zero-order valence-electron chi connectivity index (χ0n) is 16.7. The lowest BCUT2D eigenvalue weighted by Crippen LogP contribution is -2.23. The van der Waals surface area contributed by atoms with Crippen LogP contribution in [-0.2, 0) is 13.1 Å². The molecular formula is C22H25FN4O. The monoisotopic (exact) mass is 380 g/mol. The molecule has 0 aliphatic carbocycles. The fourth-order valence-electron chi connectivity index (χ4n) is 3.31. The Morgan fingerprint density at radius 3 is 2.64 bits per heavy atom. The quantitative estimate of drug-likeness (QED) is 0.711. The number of aryl methyl sites for hydroxylation is 1. The summed E-state index contributed by atoms with van der Waals surface area (Å²) >= 11 is 0. The van der Waals surface area contributed by atoms with Gasteiger partial charge < -0.3 is 14.8 Å². The SMILES string of the molecule is Cc1cc(C(=O)NCc2ccc(F)c(CN(C)C)c2)c(C)n1-c1ccccn1. The molecule has 5 nitrogen and oxygen atoms in total. The Morgan fingerprint density at radius 2 is 1.96 bits per heavy atom.